The fourth-order valence-electron chi connectivity index (χ4n) is 7.31. The summed E-state index contributed by atoms with van der Waals surface area (Å²) in [5.41, 5.74) is 8.03. The number of hydrogen-bond donors (Lipinski definition) is 0. The molecule has 1 aliphatic heterocycles. The second-order valence-electron chi connectivity index (χ2n) is 16.3. The molecule has 0 unspecified atom stereocenters. The van der Waals surface area contributed by atoms with Gasteiger partial charge in [-0.2, -0.15) is 12.1 Å². The van der Waals surface area contributed by atoms with E-state index in [1.807, 2.05) is 101 Å². The maximum Gasteiger partial charge on any atom is 0.136 e. The first kappa shape index (κ1) is 31.4. The summed E-state index contributed by atoms with van der Waals surface area (Å²) < 4.78 is 60.2. The van der Waals surface area contributed by atoms with E-state index in [2.05, 4.69) is 76.8 Å². The van der Waals surface area contributed by atoms with Crippen molar-refractivity contribution in [1.82, 2.24) is 9.55 Å². The monoisotopic (exact) mass is 930 g/mol. The van der Waals surface area contributed by atoms with Gasteiger partial charge < -0.3 is 19.1 Å². The third-order valence-electron chi connectivity index (χ3n) is 10.4. The Balaban J connectivity index is 0.00000544. The predicted molar refractivity (Wildman–Crippen MR) is 232 cm³/mol. The van der Waals surface area contributed by atoms with Crippen LogP contribution in [0.2, 0.25) is 0 Å². The van der Waals surface area contributed by atoms with Crippen LogP contribution in [0.4, 0.5) is 22.7 Å². The number of anilines is 4. The average molecular weight is 931 g/mol. The van der Waals surface area contributed by atoms with Gasteiger partial charge in [0, 0.05) is 66.8 Å². The standard InChI is InChI=1S/C51H45N4O.Pt/c1-34-32-52-49(31-44(34)35-16-9-8-10-17-35)55-45-21-12-11-20-42(45)43-25-24-41(30-48(43)55)56-40-19-15-18-38(29-40)53-33-54(47-23-14-13-22-46(47)53)39-27-36(50(2,3)4)26-37(28-39)51(5,6)7;/h8-28,31-33H,1-7H3;/q-3;/i1D3,15D,18D,19D;. The van der Waals surface area contributed by atoms with Gasteiger partial charge in [0.05, 0.1) is 0 Å². The molecule has 0 saturated heterocycles. The van der Waals surface area contributed by atoms with Crippen molar-refractivity contribution in [2.45, 2.75) is 59.2 Å². The summed E-state index contributed by atoms with van der Waals surface area (Å²) in [5.74, 6) is 0.728. The van der Waals surface area contributed by atoms with E-state index in [1.54, 1.807) is 12.1 Å². The van der Waals surface area contributed by atoms with Gasteiger partial charge in [0.25, 0.3) is 0 Å². The Morgan fingerprint density at radius 2 is 1.39 bits per heavy atom. The molecule has 0 atom stereocenters. The minimum atomic E-state index is -2.39. The van der Waals surface area contributed by atoms with E-state index >= 15 is 0 Å². The minimum absolute atomic E-state index is 0. The molecule has 0 spiro atoms. The molecule has 0 radical (unpaired) electrons. The van der Waals surface area contributed by atoms with Crippen molar-refractivity contribution in [3.63, 3.8) is 0 Å². The van der Waals surface area contributed by atoms with Crippen molar-refractivity contribution >= 4 is 44.6 Å². The molecular formula is C51H45N4OPt-3. The maximum absolute atomic E-state index is 9.12. The summed E-state index contributed by atoms with van der Waals surface area (Å²) >= 11 is 0. The largest absolute Gasteiger partial charge is 0.509 e. The number of aromatic nitrogens is 2. The van der Waals surface area contributed by atoms with Crippen LogP contribution < -0.4 is 14.5 Å². The number of hydrogen-bond acceptors (Lipinski definition) is 4. The van der Waals surface area contributed by atoms with Crippen LogP contribution in [0, 0.1) is 25.7 Å². The predicted octanol–water partition coefficient (Wildman–Crippen LogP) is 13.5. The zero-order valence-electron chi connectivity index (χ0n) is 38.6. The van der Waals surface area contributed by atoms with Gasteiger partial charge in [0.15, 0.2) is 0 Å². The van der Waals surface area contributed by atoms with Gasteiger partial charge >= 0.3 is 0 Å². The van der Waals surface area contributed by atoms with Crippen LogP contribution in [0.3, 0.4) is 0 Å². The molecule has 0 amide bonds. The Kier molecular flexibility index (Phi) is 8.11. The fourth-order valence-corrected chi connectivity index (χ4v) is 7.31. The van der Waals surface area contributed by atoms with Crippen molar-refractivity contribution in [3.8, 4) is 28.4 Å². The van der Waals surface area contributed by atoms with Gasteiger partial charge in [-0.1, -0.05) is 114 Å². The van der Waals surface area contributed by atoms with E-state index in [0.717, 1.165) is 38.9 Å². The molecule has 6 aromatic carbocycles. The van der Waals surface area contributed by atoms with E-state index in [4.69, 9.17) is 17.9 Å². The summed E-state index contributed by atoms with van der Waals surface area (Å²) in [4.78, 5) is 8.65. The molecule has 0 aliphatic carbocycles. The Morgan fingerprint density at radius 3 is 2.11 bits per heavy atom. The minimum Gasteiger partial charge on any atom is -0.509 e. The third kappa shape index (κ3) is 7.15. The first-order chi connectivity index (χ1) is 29.4. The topological polar surface area (TPSA) is 33.5 Å². The number of aryl methyl sites for hydroxylation is 1. The molecule has 0 fully saturated rings. The van der Waals surface area contributed by atoms with Crippen LogP contribution >= 0.6 is 0 Å². The second kappa shape index (κ2) is 14.7. The average Bonchev–Trinajstić information content (AvgIpc) is 3.79. The zero-order valence-corrected chi connectivity index (χ0v) is 34.9. The van der Waals surface area contributed by atoms with Crippen LogP contribution in [0.5, 0.6) is 11.5 Å². The molecule has 57 heavy (non-hydrogen) atoms. The molecule has 288 valence electrons. The van der Waals surface area contributed by atoms with Gasteiger partial charge in [-0.15, -0.1) is 48.0 Å². The van der Waals surface area contributed by atoms with Crippen LogP contribution in [-0.2, 0) is 31.9 Å². The molecule has 9 rings (SSSR count). The Hall–Kier alpha value is -5.64. The van der Waals surface area contributed by atoms with Crippen molar-refractivity contribution in [2.24, 2.45) is 0 Å². The van der Waals surface area contributed by atoms with E-state index in [1.165, 1.54) is 17.3 Å². The smallest absolute Gasteiger partial charge is 0.136 e. The molecule has 2 aromatic heterocycles. The number of pyridine rings is 1. The van der Waals surface area contributed by atoms with Crippen LogP contribution in [0.1, 0.15) is 66.5 Å². The second-order valence-corrected chi connectivity index (χ2v) is 16.3. The van der Waals surface area contributed by atoms with E-state index in [-0.39, 0.29) is 72.8 Å². The van der Waals surface area contributed by atoms with Gasteiger partial charge in [-0.05, 0) is 90.0 Å². The first-order valence-electron chi connectivity index (χ1n) is 21.8. The van der Waals surface area contributed by atoms with E-state index in [0.29, 0.717) is 16.9 Å². The van der Waals surface area contributed by atoms with Crippen LogP contribution in [-0.4, -0.2) is 9.55 Å². The van der Waals surface area contributed by atoms with Crippen molar-refractivity contribution < 1.29 is 34.0 Å². The molecule has 5 nitrogen and oxygen atoms in total. The van der Waals surface area contributed by atoms with E-state index in [9.17, 15) is 0 Å². The molecule has 1 aliphatic rings. The molecule has 0 bridgehead atoms. The number of ether oxygens (including phenoxy) is 1. The summed E-state index contributed by atoms with van der Waals surface area (Å²) in [5, 5.41) is 1.80. The van der Waals surface area contributed by atoms with Crippen LogP contribution in [0.15, 0.2) is 140 Å². The fraction of sp³-hybridized carbons (Fsp3) is 0.176. The van der Waals surface area contributed by atoms with Crippen molar-refractivity contribution in [2.75, 3.05) is 9.80 Å². The molecule has 6 heteroatoms. The SMILES string of the molecule is [2H]c1c(Oc2[c-]c3c(cc2)c2ccccc2n3-c2cc(-c3ccccc3)c(C([2H])([2H])[2H])cn2)[c-]c(N2[CH-]N(c3cc(C(C)(C)C)cc(C(C)(C)C)c3)c3ccccc32)c([2H])c1[2H].[Pt]. The molecule has 0 saturated carbocycles. The maximum atomic E-state index is 9.12. The van der Waals surface area contributed by atoms with Crippen molar-refractivity contribution in [3.05, 3.63) is 175 Å². The van der Waals surface area contributed by atoms with Gasteiger partial charge in [0.1, 0.15) is 5.82 Å². The number of para-hydroxylation sites is 3. The number of nitrogens with zero attached hydrogens (tertiary/aromatic N) is 4. The summed E-state index contributed by atoms with van der Waals surface area (Å²) in [7, 11) is 0. The number of benzene rings is 6. The normalized spacial score (nSPS) is 14.6. The van der Waals surface area contributed by atoms with Gasteiger partial charge in [0.2, 0.25) is 0 Å². The Bertz CT molecular complexity index is 3010. The molecule has 8 aromatic rings. The number of fused-ring (bicyclic) bond motifs is 4. The quantitative estimate of drug-likeness (QED) is 0.156. The van der Waals surface area contributed by atoms with E-state index < -0.39 is 6.85 Å². The molecular weight excluding hydrogens is 880 g/mol. The zero-order chi connectivity index (χ0) is 43.9. The Labute approximate surface area is 359 Å². The third-order valence-corrected chi connectivity index (χ3v) is 10.4. The Morgan fingerprint density at radius 1 is 0.702 bits per heavy atom. The summed E-state index contributed by atoms with van der Waals surface area (Å²) in [6.45, 7) is 12.8. The summed E-state index contributed by atoms with van der Waals surface area (Å²) in [6.07, 6.45) is 1.42. The van der Waals surface area contributed by atoms with Crippen molar-refractivity contribution in [1.29, 1.82) is 0 Å². The van der Waals surface area contributed by atoms with Crippen LogP contribution in [0.25, 0.3) is 38.8 Å². The van der Waals surface area contributed by atoms with Gasteiger partial charge in [-0.25, -0.2) is 4.98 Å². The molecule has 0 N–H and O–H groups in total. The van der Waals surface area contributed by atoms with Gasteiger partial charge in [-0.3, -0.25) is 0 Å². The number of rotatable bonds is 6. The first-order valence-corrected chi connectivity index (χ1v) is 18.8. The molecule has 3 heterocycles. The summed E-state index contributed by atoms with van der Waals surface area (Å²) in [6, 6.07) is 43.3.